The standard InChI is InChI=1S/C34H23N3/c1-2-11-24(12-3-1)37-32-17-9-8-16-28(32)33-34(37)36-30-19-18-23(21-31(30)35-33)29-20-22-10-4-5-13-25(22)26-14-6-7-15-27(26)29/h1-21,34,36H. The van der Waals surface area contributed by atoms with E-state index in [9.17, 15) is 0 Å². The van der Waals surface area contributed by atoms with E-state index in [-0.39, 0.29) is 6.17 Å². The SMILES string of the molecule is c1ccc(N2c3ccccc3C3=Nc4cc(-c5cc6ccccc6c6ccccc56)ccc4NC32)cc1. The minimum absolute atomic E-state index is 0.0420. The van der Waals surface area contributed by atoms with Gasteiger partial charge in [-0.1, -0.05) is 91.0 Å². The average Bonchev–Trinajstić information content (AvgIpc) is 3.29. The predicted octanol–water partition coefficient (Wildman–Crippen LogP) is 8.68. The maximum atomic E-state index is 5.27. The van der Waals surface area contributed by atoms with Gasteiger partial charge in [0.1, 0.15) is 6.17 Å². The van der Waals surface area contributed by atoms with Crippen molar-refractivity contribution in [3.63, 3.8) is 0 Å². The highest BCUT2D eigenvalue weighted by molar-refractivity contribution is 6.19. The molecule has 0 amide bonds. The Bertz CT molecular complexity index is 1870. The van der Waals surface area contributed by atoms with Gasteiger partial charge in [0.05, 0.1) is 22.8 Å². The van der Waals surface area contributed by atoms with E-state index in [1.807, 2.05) is 0 Å². The molecule has 0 saturated carbocycles. The number of hydrogen-bond acceptors (Lipinski definition) is 3. The molecule has 2 aliphatic heterocycles. The smallest absolute Gasteiger partial charge is 0.148 e. The Hall–Kier alpha value is -4.89. The van der Waals surface area contributed by atoms with Crippen molar-refractivity contribution in [2.24, 2.45) is 4.99 Å². The van der Waals surface area contributed by atoms with Crippen molar-refractivity contribution in [2.75, 3.05) is 10.2 Å². The van der Waals surface area contributed by atoms with Crippen LogP contribution in [-0.2, 0) is 0 Å². The first kappa shape index (κ1) is 20.3. The van der Waals surface area contributed by atoms with Crippen LogP contribution in [0.2, 0.25) is 0 Å². The van der Waals surface area contributed by atoms with Crippen LogP contribution in [0.3, 0.4) is 0 Å². The van der Waals surface area contributed by atoms with Gasteiger partial charge in [0.2, 0.25) is 0 Å². The van der Waals surface area contributed by atoms with E-state index in [0.29, 0.717) is 0 Å². The zero-order chi connectivity index (χ0) is 24.3. The van der Waals surface area contributed by atoms with Gasteiger partial charge in [-0.05, 0) is 69.1 Å². The van der Waals surface area contributed by atoms with E-state index >= 15 is 0 Å². The lowest BCUT2D eigenvalue weighted by Crippen LogP contribution is -2.40. The number of aliphatic imine (C=N–C) groups is 1. The Morgan fingerprint density at radius 2 is 1.32 bits per heavy atom. The fourth-order valence-corrected chi connectivity index (χ4v) is 5.92. The second kappa shape index (κ2) is 7.81. The summed E-state index contributed by atoms with van der Waals surface area (Å²) >= 11 is 0. The molecule has 0 fully saturated rings. The number of fused-ring (bicyclic) bond motifs is 7. The summed E-state index contributed by atoms with van der Waals surface area (Å²) in [7, 11) is 0. The third-order valence-corrected chi connectivity index (χ3v) is 7.60. The third kappa shape index (κ3) is 3.04. The Balaban J connectivity index is 1.30. The molecule has 0 bridgehead atoms. The van der Waals surface area contributed by atoms with Crippen LogP contribution in [-0.4, -0.2) is 11.9 Å². The minimum atomic E-state index is -0.0420. The third-order valence-electron chi connectivity index (χ3n) is 7.60. The Morgan fingerprint density at radius 3 is 2.22 bits per heavy atom. The van der Waals surface area contributed by atoms with Crippen LogP contribution in [0.5, 0.6) is 0 Å². The lowest BCUT2D eigenvalue weighted by Gasteiger charge is -2.31. The molecular formula is C34H23N3. The van der Waals surface area contributed by atoms with Gasteiger partial charge < -0.3 is 10.2 Å². The Labute approximate surface area is 215 Å². The zero-order valence-corrected chi connectivity index (χ0v) is 20.1. The topological polar surface area (TPSA) is 27.6 Å². The molecule has 3 nitrogen and oxygen atoms in total. The lowest BCUT2D eigenvalue weighted by molar-refractivity contribution is 0.938. The quantitative estimate of drug-likeness (QED) is 0.255. The van der Waals surface area contributed by atoms with Gasteiger partial charge in [0.25, 0.3) is 0 Å². The van der Waals surface area contributed by atoms with E-state index in [1.165, 1.54) is 43.9 Å². The summed E-state index contributed by atoms with van der Waals surface area (Å²) in [5.74, 6) is 0. The fraction of sp³-hybridized carbons (Fsp3) is 0.0294. The number of nitrogens with zero attached hydrogens (tertiary/aromatic N) is 2. The van der Waals surface area contributed by atoms with Gasteiger partial charge in [-0.2, -0.15) is 0 Å². The summed E-state index contributed by atoms with van der Waals surface area (Å²) < 4.78 is 0. The summed E-state index contributed by atoms with van der Waals surface area (Å²) in [4.78, 5) is 7.61. The molecule has 3 heteroatoms. The van der Waals surface area contributed by atoms with Gasteiger partial charge in [-0.3, -0.25) is 0 Å². The first-order valence-corrected chi connectivity index (χ1v) is 12.7. The minimum Gasteiger partial charge on any atom is -0.358 e. The predicted molar refractivity (Wildman–Crippen MR) is 156 cm³/mol. The average molecular weight is 474 g/mol. The van der Waals surface area contributed by atoms with E-state index in [2.05, 4.69) is 138 Å². The highest BCUT2D eigenvalue weighted by Crippen LogP contribution is 2.45. The van der Waals surface area contributed by atoms with Crippen molar-refractivity contribution in [2.45, 2.75) is 6.17 Å². The maximum Gasteiger partial charge on any atom is 0.148 e. The largest absolute Gasteiger partial charge is 0.358 e. The fourth-order valence-electron chi connectivity index (χ4n) is 5.92. The zero-order valence-electron chi connectivity index (χ0n) is 20.1. The first-order chi connectivity index (χ1) is 18.3. The van der Waals surface area contributed by atoms with Crippen molar-refractivity contribution >= 4 is 50.0 Å². The summed E-state index contributed by atoms with van der Waals surface area (Å²) in [5.41, 5.74) is 9.01. The number of hydrogen-bond donors (Lipinski definition) is 1. The van der Waals surface area contributed by atoms with Crippen LogP contribution >= 0.6 is 0 Å². The number of nitrogens with one attached hydrogen (secondary N) is 1. The van der Waals surface area contributed by atoms with Crippen molar-refractivity contribution < 1.29 is 0 Å². The van der Waals surface area contributed by atoms with Gasteiger partial charge in [-0.15, -0.1) is 0 Å². The summed E-state index contributed by atoms with van der Waals surface area (Å²) in [6, 6.07) is 45.4. The molecule has 0 saturated heterocycles. The van der Waals surface area contributed by atoms with Crippen LogP contribution in [0, 0.1) is 0 Å². The number of benzene rings is 6. The van der Waals surface area contributed by atoms with Crippen molar-refractivity contribution in [1.82, 2.24) is 0 Å². The molecule has 6 aromatic carbocycles. The molecule has 1 atom stereocenters. The van der Waals surface area contributed by atoms with Crippen LogP contribution in [0.25, 0.3) is 32.7 Å². The second-order valence-corrected chi connectivity index (χ2v) is 9.69. The van der Waals surface area contributed by atoms with Crippen molar-refractivity contribution in [1.29, 1.82) is 0 Å². The molecule has 0 radical (unpaired) electrons. The van der Waals surface area contributed by atoms with Gasteiger partial charge >= 0.3 is 0 Å². The van der Waals surface area contributed by atoms with Gasteiger partial charge in [-0.25, -0.2) is 4.99 Å². The van der Waals surface area contributed by atoms with Crippen LogP contribution < -0.4 is 10.2 Å². The van der Waals surface area contributed by atoms with Crippen LogP contribution in [0.1, 0.15) is 5.56 Å². The molecule has 2 heterocycles. The Kier molecular flexibility index (Phi) is 4.29. The molecule has 37 heavy (non-hydrogen) atoms. The van der Waals surface area contributed by atoms with Crippen LogP contribution in [0.4, 0.5) is 22.7 Å². The molecule has 0 aromatic heterocycles. The normalized spacial score (nSPS) is 15.6. The highest BCUT2D eigenvalue weighted by atomic mass is 15.3. The lowest BCUT2D eigenvalue weighted by atomic mass is 9.93. The number of para-hydroxylation sites is 2. The van der Waals surface area contributed by atoms with Crippen molar-refractivity contribution in [3.8, 4) is 11.1 Å². The molecule has 8 rings (SSSR count). The number of rotatable bonds is 2. The van der Waals surface area contributed by atoms with Crippen molar-refractivity contribution in [3.05, 3.63) is 133 Å². The van der Waals surface area contributed by atoms with Gasteiger partial charge in [0, 0.05) is 11.3 Å². The molecule has 1 unspecified atom stereocenters. The molecular weight excluding hydrogens is 450 g/mol. The maximum absolute atomic E-state index is 5.27. The second-order valence-electron chi connectivity index (χ2n) is 9.69. The first-order valence-electron chi connectivity index (χ1n) is 12.7. The molecule has 1 N–H and O–H groups in total. The van der Waals surface area contributed by atoms with E-state index in [4.69, 9.17) is 4.99 Å². The molecule has 0 aliphatic carbocycles. The monoisotopic (exact) mass is 473 g/mol. The highest BCUT2D eigenvalue weighted by Gasteiger charge is 2.38. The Morgan fingerprint density at radius 1 is 0.595 bits per heavy atom. The summed E-state index contributed by atoms with van der Waals surface area (Å²) in [6.07, 6.45) is -0.0420. The molecule has 174 valence electrons. The summed E-state index contributed by atoms with van der Waals surface area (Å²) in [5, 5.41) is 8.87. The number of anilines is 3. The van der Waals surface area contributed by atoms with E-state index in [1.54, 1.807) is 0 Å². The van der Waals surface area contributed by atoms with Crippen LogP contribution in [0.15, 0.2) is 132 Å². The summed E-state index contributed by atoms with van der Waals surface area (Å²) in [6.45, 7) is 0. The van der Waals surface area contributed by atoms with E-state index in [0.717, 1.165) is 22.8 Å². The van der Waals surface area contributed by atoms with Gasteiger partial charge in [0.15, 0.2) is 0 Å². The molecule has 2 aliphatic rings. The molecule has 0 spiro atoms. The van der Waals surface area contributed by atoms with E-state index < -0.39 is 0 Å². The molecule has 6 aromatic rings.